The number of amides is 1. The number of halogens is 2. The molecule has 7 heteroatoms. The van der Waals surface area contributed by atoms with Crippen molar-refractivity contribution >= 4 is 44.5 Å². The number of benzene rings is 3. The van der Waals surface area contributed by atoms with Gasteiger partial charge in [-0.15, -0.1) is 0 Å². The summed E-state index contributed by atoms with van der Waals surface area (Å²) >= 11 is 9.56. The summed E-state index contributed by atoms with van der Waals surface area (Å²) in [4.78, 5) is 17.3. The van der Waals surface area contributed by atoms with Gasteiger partial charge in [-0.1, -0.05) is 57.9 Å². The fourth-order valence-electron chi connectivity index (χ4n) is 3.70. The molecule has 1 heterocycles. The molecule has 0 bridgehead atoms. The van der Waals surface area contributed by atoms with Gasteiger partial charge in [0.1, 0.15) is 11.6 Å². The molecular formula is C26H25BrClN3O2. The first-order valence-corrected chi connectivity index (χ1v) is 12.1. The zero-order valence-electron chi connectivity index (χ0n) is 18.1. The van der Waals surface area contributed by atoms with Crippen molar-refractivity contribution in [2.45, 2.75) is 25.8 Å². The summed E-state index contributed by atoms with van der Waals surface area (Å²) in [6, 6.07) is 23.0. The molecule has 1 aromatic heterocycles. The van der Waals surface area contributed by atoms with Gasteiger partial charge in [0.25, 0.3) is 5.91 Å². The number of ether oxygens (including phenoxy) is 1. The quantitative estimate of drug-likeness (QED) is 0.247. The van der Waals surface area contributed by atoms with Crippen molar-refractivity contribution in [3.63, 3.8) is 0 Å². The average Bonchev–Trinajstić information content (AvgIpc) is 3.17. The molecule has 0 fully saturated rings. The van der Waals surface area contributed by atoms with Crippen LogP contribution in [0.5, 0.6) is 5.75 Å². The zero-order valence-corrected chi connectivity index (χ0v) is 20.5. The fraction of sp³-hybridized carbons (Fsp3) is 0.231. The van der Waals surface area contributed by atoms with E-state index in [1.165, 1.54) is 0 Å². The molecule has 0 saturated heterocycles. The van der Waals surface area contributed by atoms with E-state index in [0.717, 1.165) is 40.7 Å². The van der Waals surface area contributed by atoms with Gasteiger partial charge in [0.2, 0.25) is 0 Å². The maximum Gasteiger partial charge on any atom is 0.251 e. The topological polar surface area (TPSA) is 56.2 Å². The number of para-hydroxylation sites is 3. The minimum absolute atomic E-state index is 0.0873. The van der Waals surface area contributed by atoms with Crippen LogP contribution in [-0.4, -0.2) is 28.6 Å². The highest BCUT2D eigenvalue weighted by Crippen LogP contribution is 2.23. The van der Waals surface area contributed by atoms with Crippen LogP contribution >= 0.6 is 27.5 Å². The summed E-state index contributed by atoms with van der Waals surface area (Å²) in [5.41, 5.74) is 2.72. The molecule has 4 rings (SSSR count). The van der Waals surface area contributed by atoms with E-state index >= 15 is 0 Å². The lowest BCUT2D eigenvalue weighted by Gasteiger charge is -2.11. The van der Waals surface area contributed by atoms with Crippen LogP contribution in [0.1, 0.15) is 29.0 Å². The number of aromatic nitrogens is 2. The van der Waals surface area contributed by atoms with E-state index in [2.05, 4.69) is 31.9 Å². The molecule has 1 N–H and O–H groups in total. The van der Waals surface area contributed by atoms with Gasteiger partial charge in [0.05, 0.1) is 22.7 Å². The zero-order chi connectivity index (χ0) is 23.0. The Morgan fingerprint density at radius 3 is 2.70 bits per heavy atom. The van der Waals surface area contributed by atoms with Gasteiger partial charge in [-0.3, -0.25) is 4.79 Å². The van der Waals surface area contributed by atoms with Gasteiger partial charge < -0.3 is 14.6 Å². The lowest BCUT2D eigenvalue weighted by atomic mass is 10.2. The van der Waals surface area contributed by atoms with Crippen molar-refractivity contribution in [2.75, 3.05) is 13.2 Å². The Labute approximate surface area is 206 Å². The summed E-state index contributed by atoms with van der Waals surface area (Å²) in [7, 11) is 0. The molecule has 4 aromatic rings. The van der Waals surface area contributed by atoms with Crippen molar-refractivity contribution in [1.29, 1.82) is 0 Å². The Bertz CT molecular complexity index is 1240. The Hall–Kier alpha value is -2.83. The number of nitrogens with one attached hydrogen (secondary N) is 1. The van der Waals surface area contributed by atoms with Crippen LogP contribution in [0.15, 0.2) is 77.3 Å². The van der Waals surface area contributed by atoms with Crippen LogP contribution in [-0.2, 0) is 13.0 Å². The number of carbonyl (C=O) groups is 1. The Balaban J connectivity index is 1.34. The van der Waals surface area contributed by atoms with Crippen LogP contribution in [0.3, 0.4) is 0 Å². The van der Waals surface area contributed by atoms with Gasteiger partial charge >= 0.3 is 0 Å². The summed E-state index contributed by atoms with van der Waals surface area (Å²) in [6.45, 7) is 1.96. The van der Waals surface area contributed by atoms with E-state index in [0.29, 0.717) is 35.9 Å². The maximum absolute atomic E-state index is 12.4. The minimum atomic E-state index is -0.0873. The van der Waals surface area contributed by atoms with Crippen molar-refractivity contribution < 1.29 is 9.53 Å². The molecule has 0 aliphatic rings. The van der Waals surface area contributed by atoms with Gasteiger partial charge in [0.15, 0.2) is 0 Å². The Morgan fingerprint density at radius 1 is 1.03 bits per heavy atom. The minimum Gasteiger partial charge on any atom is -0.492 e. The van der Waals surface area contributed by atoms with E-state index < -0.39 is 0 Å². The number of hydrogen-bond donors (Lipinski definition) is 1. The Kier molecular flexibility index (Phi) is 8.02. The summed E-state index contributed by atoms with van der Waals surface area (Å²) < 4.78 is 8.94. The molecule has 33 heavy (non-hydrogen) atoms. The molecule has 0 atom stereocenters. The molecule has 0 aliphatic carbocycles. The normalized spacial score (nSPS) is 11.0. The molecule has 0 unspecified atom stereocenters. The summed E-state index contributed by atoms with van der Waals surface area (Å²) in [5.74, 6) is 1.60. The number of imidazole rings is 1. The number of aryl methyl sites for hydroxylation is 1. The highest BCUT2D eigenvalue weighted by atomic mass is 79.9. The molecule has 170 valence electrons. The summed E-state index contributed by atoms with van der Waals surface area (Å²) in [6.07, 6.45) is 2.50. The monoisotopic (exact) mass is 525 g/mol. The van der Waals surface area contributed by atoms with Crippen LogP contribution in [0.4, 0.5) is 0 Å². The number of carbonyl (C=O) groups excluding carboxylic acids is 1. The van der Waals surface area contributed by atoms with E-state index in [1.54, 1.807) is 6.07 Å². The maximum atomic E-state index is 12.4. The molecule has 0 saturated carbocycles. The number of rotatable bonds is 10. The second kappa shape index (κ2) is 11.3. The lowest BCUT2D eigenvalue weighted by Crippen LogP contribution is -2.26. The number of unbranched alkanes of at least 4 members (excludes halogenated alkanes) is 1. The summed E-state index contributed by atoms with van der Waals surface area (Å²) in [5, 5.41) is 3.63. The largest absolute Gasteiger partial charge is 0.492 e. The molecular weight excluding hydrogens is 502 g/mol. The van der Waals surface area contributed by atoms with Gasteiger partial charge in [-0.05, 0) is 55.3 Å². The predicted octanol–water partition coefficient (Wildman–Crippen LogP) is 6.28. The average molecular weight is 527 g/mol. The first-order valence-electron chi connectivity index (χ1n) is 11.0. The van der Waals surface area contributed by atoms with E-state index in [1.807, 2.05) is 60.7 Å². The highest BCUT2D eigenvalue weighted by molar-refractivity contribution is 9.10. The third kappa shape index (κ3) is 6.15. The van der Waals surface area contributed by atoms with Gasteiger partial charge in [-0.2, -0.15) is 0 Å². The first-order chi connectivity index (χ1) is 16.1. The molecule has 0 aliphatic heterocycles. The van der Waals surface area contributed by atoms with Gasteiger partial charge in [-0.25, -0.2) is 4.98 Å². The van der Waals surface area contributed by atoms with E-state index in [-0.39, 0.29) is 5.91 Å². The third-order valence-corrected chi connectivity index (χ3v) is 6.13. The van der Waals surface area contributed by atoms with Crippen molar-refractivity contribution in [3.8, 4) is 5.75 Å². The number of fused-ring (bicyclic) bond motifs is 1. The number of nitrogens with zero attached hydrogens (tertiary/aromatic N) is 2. The predicted molar refractivity (Wildman–Crippen MR) is 136 cm³/mol. The lowest BCUT2D eigenvalue weighted by molar-refractivity contribution is 0.0954. The van der Waals surface area contributed by atoms with E-state index in [9.17, 15) is 4.79 Å². The molecule has 1 amide bonds. The van der Waals surface area contributed by atoms with Crippen molar-refractivity contribution in [3.05, 3.63) is 93.7 Å². The number of hydrogen-bond acceptors (Lipinski definition) is 3. The molecule has 0 spiro atoms. The third-order valence-electron chi connectivity index (χ3n) is 5.32. The first kappa shape index (κ1) is 23.3. The van der Waals surface area contributed by atoms with Crippen LogP contribution in [0, 0.1) is 0 Å². The fourth-order valence-corrected chi connectivity index (χ4v) is 4.29. The van der Waals surface area contributed by atoms with Crippen molar-refractivity contribution in [2.24, 2.45) is 0 Å². The highest BCUT2D eigenvalue weighted by Gasteiger charge is 2.12. The van der Waals surface area contributed by atoms with Crippen LogP contribution < -0.4 is 10.1 Å². The smallest absolute Gasteiger partial charge is 0.251 e. The molecule has 3 aromatic carbocycles. The second-order valence-corrected chi connectivity index (χ2v) is 8.99. The van der Waals surface area contributed by atoms with Crippen LogP contribution in [0.2, 0.25) is 5.02 Å². The van der Waals surface area contributed by atoms with Gasteiger partial charge in [0, 0.05) is 29.5 Å². The molecule has 5 nitrogen and oxygen atoms in total. The molecule has 0 radical (unpaired) electrons. The van der Waals surface area contributed by atoms with Crippen molar-refractivity contribution in [1.82, 2.24) is 14.9 Å². The Morgan fingerprint density at radius 2 is 1.85 bits per heavy atom. The van der Waals surface area contributed by atoms with Crippen LogP contribution in [0.25, 0.3) is 11.0 Å². The second-order valence-electron chi connectivity index (χ2n) is 7.67. The van der Waals surface area contributed by atoms with E-state index in [4.69, 9.17) is 21.3 Å². The standard InChI is InChI=1S/C26H25BrClN3O2/c27-20-9-7-8-19(18-20)26(32)29-15-14-25-30-22-11-2-3-12-23(22)31(25)16-5-6-17-33-24-13-4-1-10-21(24)28/h1-4,7-13,18H,5-6,14-17H2,(H,29,32). The SMILES string of the molecule is O=C(NCCc1nc2ccccc2n1CCCCOc1ccccc1Cl)c1cccc(Br)c1.